The van der Waals surface area contributed by atoms with Crippen molar-refractivity contribution in [1.29, 1.82) is 0 Å². The van der Waals surface area contributed by atoms with Gasteiger partial charge in [0.2, 0.25) is 35.4 Å². The highest BCUT2D eigenvalue weighted by atomic mass is 32.1. The summed E-state index contributed by atoms with van der Waals surface area (Å²) < 4.78 is 0. The summed E-state index contributed by atoms with van der Waals surface area (Å²) >= 11 is 4.27. The van der Waals surface area contributed by atoms with E-state index in [1.54, 1.807) is 81.4 Å². The molecule has 0 heterocycles. The molecule has 0 saturated carbocycles. The average Bonchev–Trinajstić information content (AvgIpc) is 3.24. The molecule has 18 nitrogen and oxygen atoms in total. The number of hydrogen-bond donors (Lipinski definition) is 11. The van der Waals surface area contributed by atoms with Gasteiger partial charge in [0, 0.05) is 25.0 Å². The van der Waals surface area contributed by atoms with E-state index in [2.05, 4.69) is 44.5 Å². The molecular weight excluding hydrogens is 821 g/mol. The molecule has 0 aromatic heterocycles. The fourth-order valence-electron chi connectivity index (χ4n) is 6.29. The molecule has 8 atom stereocenters. The number of carbonyl (C=O) groups excluding carboxylic acids is 6. The second-order valence-electron chi connectivity index (χ2n) is 15.6. The molecule has 12 N–H and O–H groups in total. The van der Waals surface area contributed by atoms with Gasteiger partial charge in [-0.15, -0.1) is 0 Å². The molecule has 0 radical (unpaired) electrons. The summed E-state index contributed by atoms with van der Waals surface area (Å²) in [4.78, 5) is 105. The van der Waals surface area contributed by atoms with Gasteiger partial charge in [-0.2, -0.15) is 12.6 Å². The van der Waals surface area contributed by atoms with Crippen LogP contribution in [0.2, 0.25) is 0 Å². The predicted molar refractivity (Wildman–Crippen MR) is 235 cm³/mol. The van der Waals surface area contributed by atoms with Crippen molar-refractivity contribution in [2.24, 2.45) is 23.3 Å². The number of nitrogens with one attached hydrogen (secondary N) is 6. The van der Waals surface area contributed by atoms with E-state index in [9.17, 15) is 43.5 Å². The van der Waals surface area contributed by atoms with Gasteiger partial charge in [0.25, 0.3) is 0 Å². The maximum atomic E-state index is 14.0. The van der Waals surface area contributed by atoms with Gasteiger partial charge in [0.1, 0.15) is 36.3 Å². The minimum absolute atomic E-state index is 0.00383. The standard InChI is InChI=1S/C43H64N8O10S/c1-5-26(4)36(42(59)48-32(23-28-16-10-7-11-17-28)38(55)46-30(43(60)61)18-12-13-21-44)51-41(58)35(25(2)3)50-40(57)33(24-62)49-39(56)31(22-27-14-8-6-9-15-27)47-37(54)29(45)19-20-34(52)53/h6-11,14-17,25-26,29-33,35-36,62H,5,12-13,18-24,44-45H2,1-4H3,(H,46,55)(H,47,54)(H,48,59)(H,49,56)(H,50,57)(H,51,58)(H,52,53)(H,60,61)/t26-,29-,30-,31-,32-,33-,35-,36-/m0/s1. The molecule has 0 aliphatic heterocycles. The molecule has 0 aliphatic carbocycles. The molecule has 0 saturated heterocycles. The van der Waals surface area contributed by atoms with Crippen molar-refractivity contribution in [2.75, 3.05) is 12.3 Å². The molecule has 2 aromatic carbocycles. The Morgan fingerprint density at radius 3 is 1.50 bits per heavy atom. The van der Waals surface area contributed by atoms with Crippen LogP contribution >= 0.6 is 12.6 Å². The number of unbranched alkanes of at least 4 members (excludes halogenated alkanes) is 1. The normalized spacial score (nSPS) is 15.0. The van der Waals surface area contributed by atoms with E-state index >= 15 is 0 Å². The zero-order valence-corrected chi connectivity index (χ0v) is 36.7. The highest BCUT2D eigenvalue weighted by molar-refractivity contribution is 7.80. The van der Waals surface area contributed by atoms with Gasteiger partial charge in [0.05, 0.1) is 6.04 Å². The van der Waals surface area contributed by atoms with Gasteiger partial charge in [-0.1, -0.05) is 94.8 Å². The van der Waals surface area contributed by atoms with Crippen LogP contribution in [0.3, 0.4) is 0 Å². The van der Waals surface area contributed by atoms with Crippen molar-refractivity contribution in [2.45, 2.75) is 121 Å². The van der Waals surface area contributed by atoms with Gasteiger partial charge < -0.3 is 53.6 Å². The molecule has 0 aliphatic rings. The monoisotopic (exact) mass is 884 g/mol. The molecule has 2 aromatic rings. The summed E-state index contributed by atoms with van der Waals surface area (Å²) in [7, 11) is 0. The van der Waals surface area contributed by atoms with Crippen LogP contribution in [0.1, 0.15) is 77.3 Å². The van der Waals surface area contributed by atoms with Gasteiger partial charge in [-0.05, 0) is 55.2 Å². The topological polar surface area (TPSA) is 301 Å². The lowest BCUT2D eigenvalue weighted by molar-refractivity contribution is -0.142. The first kappa shape index (κ1) is 52.6. The third-order valence-corrected chi connectivity index (χ3v) is 10.6. The third-order valence-electron chi connectivity index (χ3n) is 10.3. The number of carboxylic acid groups (broad SMARTS) is 2. The van der Waals surface area contributed by atoms with E-state index in [-0.39, 0.29) is 37.9 Å². The Morgan fingerprint density at radius 1 is 0.597 bits per heavy atom. The second kappa shape index (κ2) is 27.4. The lowest BCUT2D eigenvalue weighted by atomic mass is 9.95. The number of amides is 6. The van der Waals surface area contributed by atoms with E-state index in [1.165, 1.54) is 0 Å². The summed E-state index contributed by atoms with van der Waals surface area (Å²) in [6.45, 7) is 7.23. The van der Waals surface area contributed by atoms with E-state index < -0.39 is 102 Å². The van der Waals surface area contributed by atoms with Crippen molar-refractivity contribution < 1.29 is 48.6 Å². The Kier molecular flexibility index (Phi) is 23.3. The third kappa shape index (κ3) is 18.2. The Morgan fingerprint density at radius 2 is 1.05 bits per heavy atom. The second-order valence-corrected chi connectivity index (χ2v) is 15.9. The van der Waals surface area contributed by atoms with Crippen LogP contribution < -0.4 is 43.4 Å². The predicted octanol–water partition coefficient (Wildman–Crippen LogP) is 0.418. The molecule has 19 heteroatoms. The van der Waals surface area contributed by atoms with Crippen LogP contribution in [0, 0.1) is 11.8 Å². The van der Waals surface area contributed by atoms with Crippen LogP contribution in [0.4, 0.5) is 0 Å². The smallest absolute Gasteiger partial charge is 0.326 e. The van der Waals surface area contributed by atoms with Crippen molar-refractivity contribution in [3.8, 4) is 0 Å². The number of carboxylic acids is 2. The molecule has 0 bridgehead atoms. The van der Waals surface area contributed by atoms with Crippen molar-refractivity contribution >= 4 is 60.0 Å². The van der Waals surface area contributed by atoms with Gasteiger partial charge >= 0.3 is 11.9 Å². The number of hydrogen-bond acceptors (Lipinski definition) is 11. The minimum atomic E-state index is -1.30. The highest BCUT2D eigenvalue weighted by Crippen LogP contribution is 2.13. The zero-order chi connectivity index (χ0) is 46.4. The zero-order valence-electron chi connectivity index (χ0n) is 35.8. The van der Waals surface area contributed by atoms with Gasteiger partial charge in [0.15, 0.2) is 0 Å². The lowest BCUT2D eigenvalue weighted by Crippen LogP contribution is -2.62. The van der Waals surface area contributed by atoms with E-state index in [0.29, 0.717) is 36.9 Å². The van der Waals surface area contributed by atoms with Crippen LogP contribution in [0.5, 0.6) is 0 Å². The van der Waals surface area contributed by atoms with Crippen LogP contribution in [-0.2, 0) is 51.2 Å². The molecule has 342 valence electrons. The number of carbonyl (C=O) groups is 8. The van der Waals surface area contributed by atoms with Crippen molar-refractivity contribution in [1.82, 2.24) is 31.9 Å². The largest absolute Gasteiger partial charge is 0.481 e. The summed E-state index contributed by atoms with van der Waals surface area (Å²) in [6.07, 6.45) is 1.06. The van der Waals surface area contributed by atoms with E-state index in [4.69, 9.17) is 16.6 Å². The molecular formula is C43H64N8O10S. The summed E-state index contributed by atoms with van der Waals surface area (Å²) in [5, 5.41) is 34.6. The number of rotatable bonds is 28. The fourth-order valence-corrected chi connectivity index (χ4v) is 6.55. The Hall–Kier alpha value is -5.53. The van der Waals surface area contributed by atoms with E-state index in [1.807, 2.05) is 6.92 Å². The lowest BCUT2D eigenvalue weighted by Gasteiger charge is -2.30. The Bertz CT molecular complexity index is 1790. The molecule has 0 unspecified atom stereocenters. The maximum Gasteiger partial charge on any atom is 0.326 e. The summed E-state index contributed by atoms with van der Waals surface area (Å²) in [5.74, 6) is -8.06. The Balaban J connectivity index is 2.29. The first-order valence-corrected chi connectivity index (χ1v) is 21.5. The van der Waals surface area contributed by atoms with Crippen LogP contribution in [0.15, 0.2) is 60.7 Å². The highest BCUT2D eigenvalue weighted by Gasteiger charge is 2.36. The first-order chi connectivity index (χ1) is 29.4. The quantitative estimate of drug-likeness (QED) is 0.0410. The molecule has 62 heavy (non-hydrogen) atoms. The number of aliphatic carboxylic acids is 2. The number of benzene rings is 2. The maximum absolute atomic E-state index is 14.0. The summed E-state index contributed by atoms with van der Waals surface area (Å²) in [5.41, 5.74) is 12.8. The molecule has 0 spiro atoms. The molecule has 6 amide bonds. The molecule has 2 rings (SSSR count). The number of thiol groups is 1. The SMILES string of the molecule is CC[C@H](C)[C@H](NC(=O)[C@@H](NC(=O)[C@H](CS)NC(=O)[C@H](Cc1ccccc1)NC(=O)[C@@H](N)CCC(=O)O)C(C)C)C(=O)N[C@@H](Cc1ccccc1)C(=O)N[C@@H](CCCCN)C(=O)O. The minimum Gasteiger partial charge on any atom is -0.481 e. The van der Waals surface area contributed by atoms with Crippen LogP contribution in [0.25, 0.3) is 0 Å². The van der Waals surface area contributed by atoms with Gasteiger partial charge in [-0.25, -0.2) is 4.79 Å². The molecule has 0 fully saturated rings. The first-order valence-electron chi connectivity index (χ1n) is 20.8. The van der Waals surface area contributed by atoms with Gasteiger partial charge in [-0.3, -0.25) is 33.6 Å². The van der Waals surface area contributed by atoms with Crippen molar-refractivity contribution in [3.63, 3.8) is 0 Å². The van der Waals surface area contributed by atoms with Crippen molar-refractivity contribution in [3.05, 3.63) is 71.8 Å². The average molecular weight is 885 g/mol. The Labute approximate surface area is 368 Å². The number of nitrogens with two attached hydrogens (primary N) is 2. The summed E-state index contributed by atoms with van der Waals surface area (Å²) in [6, 6.07) is 8.93. The van der Waals surface area contributed by atoms with E-state index in [0.717, 1.165) is 0 Å². The fraction of sp³-hybridized carbons (Fsp3) is 0.535. The van der Waals surface area contributed by atoms with Crippen LogP contribution in [-0.4, -0.2) is 112 Å².